The van der Waals surface area contributed by atoms with E-state index in [2.05, 4.69) is 38.2 Å². The van der Waals surface area contributed by atoms with Gasteiger partial charge >= 0.3 is 17.9 Å². The SMILES string of the molecule is CCCCCCCCCCCCCCCC(=O)NC(CSCC(COC(=O)CCCCCCC/C=C/CCSCC)OC(=O)CCCCCCCCCCCC)C(=O)O. The van der Waals surface area contributed by atoms with E-state index in [0.717, 1.165) is 83.5 Å². The number of hydrogen-bond acceptors (Lipinski definition) is 8. The molecule has 1 amide bonds. The molecule has 59 heavy (non-hydrogen) atoms. The van der Waals surface area contributed by atoms with E-state index in [9.17, 15) is 24.3 Å². The summed E-state index contributed by atoms with van der Waals surface area (Å²) >= 11 is 3.26. The van der Waals surface area contributed by atoms with Crippen LogP contribution in [0, 0.1) is 0 Å². The van der Waals surface area contributed by atoms with Crippen molar-refractivity contribution in [1.29, 1.82) is 0 Å². The van der Waals surface area contributed by atoms with Crippen molar-refractivity contribution in [2.45, 2.75) is 245 Å². The van der Waals surface area contributed by atoms with Crippen LogP contribution in [0.3, 0.4) is 0 Å². The van der Waals surface area contributed by atoms with Gasteiger partial charge in [-0.25, -0.2) is 4.79 Å². The van der Waals surface area contributed by atoms with E-state index in [1.54, 1.807) is 0 Å². The van der Waals surface area contributed by atoms with Crippen LogP contribution in [0.2, 0.25) is 0 Å². The van der Waals surface area contributed by atoms with Crippen molar-refractivity contribution in [2.75, 3.05) is 29.6 Å². The summed E-state index contributed by atoms with van der Waals surface area (Å²) in [6.07, 6.45) is 39.9. The van der Waals surface area contributed by atoms with Crippen LogP contribution in [0.1, 0.15) is 233 Å². The summed E-state index contributed by atoms with van der Waals surface area (Å²) in [6.45, 7) is 6.62. The predicted octanol–water partition coefficient (Wildman–Crippen LogP) is 14.0. The van der Waals surface area contributed by atoms with E-state index in [-0.39, 0.29) is 36.0 Å². The molecule has 0 aromatic heterocycles. The van der Waals surface area contributed by atoms with Crippen LogP contribution in [0.4, 0.5) is 0 Å². The number of carbonyl (C=O) groups is 4. The molecule has 0 heterocycles. The van der Waals surface area contributed by atoms with Crippen LogP contribution in [-0.4, -0.2) is 70.7 Å². The highest BCUT2D eigenvalue weighted by atomic mass is 32.2. The second-order valence-electron chi connectivity index (χ2n) is 16.5. The fourth-order valence-corrected chi connectivity index (χ4v) is 8.65. The number of carbonyl (C=O) groups excluding carboxylic acids is 3. The molecule has 10 heteroatoms. The second kappa shape index (κ2) is 45.8. The summed E-state index contributed by atoms with van der Waals surface area (Å²) in [5.74, 6) is 0.817. The third kappa shape index (κ3) is 42.8. The molecule has 0 saturated heterocycles. The largest absolute Gasteiger partial charge is 0.480 e. The molecule has 8 nitrogen and oxygen atoms in total. The number of nitrogens with one attached hydrogen (secondary N) is 1. The Labute approximate surface area is 371 Å². The highest BCUT2D eigenvalue weighted by Crippen LogP contribution is 2.16. The van der Waals surface area contributed by atoms with Crippen molar-refractivity contribution in [3.8, 4) is 0 Å². The first-order chi connectivity index (χ1) is 28.8. The number of unbranched alkanes of at least 4 members (excludes halogenated alkanes) is 26. The Morgan fingerprint density at radius 2 is 0.966 bits per heavy atom. The minimum Gasteiger partial charge on any atom is -0.480 e. The maximum absolute atomic E-state index is 12.8. The number of hydrogen-bond donors (Lipinski definition) is 2. The topological polar surface area (TPSA) is 119 Å². The van der Waals surface area contributed by atoms with Crippen LogP contribution in [-0.2, 0) is 28.7 Å². The Morgan fingerprint density at radius 1 is 0.525 bits per heavy atom. The van der Waals surface area contributed by atoms with Crippen molar-refractivity contribution in [1.82, 2.24) is 5.32 Å². The van der Waals surface area contributed by atoms with Crippen molar-refractivity contribution in [2.24, 2.45) is 0 Å². The lowest BCUT2D eigenvalue weighted by Crippen LogP contribution is -2.42. The van der Waals surface area contributed by atoms with Gasteiger partial charge in [-0.1, -0.05) is 187 Å². The summed E-state index contributed by atoms with van der Waals surface area (Å²) in [5.41, 5.74) is 0. The standard InChI is InChI=1S/C49H91NO7S2/c1-4-7-9-11-13-15-17-18-19-21-25-29-33-37-46(51)50-45(49(54)55)43-59-42-44(57-48(53)39-35-31-27-22-16-14-12-10-8-5-2)41-56-47(52)38-34-30-26-23-20-24-28-32-36-40-58-6-3/h28,32,44-45H,4-27,29-31,33-43H2,1-3H3,(H,50,51)(H,54,55)/b32-28+. The Hall–Kier alpha value is -1.68. The minimum absolute atomic E-state index is 0.0537. The van der Waals surface area contributed by atoms with Crippen molar-refractivity contribution < 1.29 is 33.8 Å². The monoisotopic (exact) mass is 870 g/mol. The number of esters is 2. The fraction of sp³-hybridized carbons (Fsp3) is 0.878. The highest BCUT2D eigenvalue weighted by Gasteiger charge is 2.23. The quantitative estimate of drug-likeness (QED) is 0.0350. The molecule has 0 aliphatic carbocycles. The molecule has 0 aliphatic heterocycles. The number of carboxylic acid groups (broad SMARTS) is 1. The molecule has 2 unspecified atom stereocenters. The molecule has 0 aromatic rings. The number of carboxylic acids is 1. The smallest absolute Gasteiger partial charge is 0.327 e. The third-order valence-electron chi connectivity index (χ3n) is 10.7. The lowest BCUT2D eigenvalue weighted by molar-refractivity contribution is -0.157. The average molecular weight is 870 g/mol. The van der Waals surface area contributed by atoms with Crippen LogP contribution in [0.15, 0.2) is 12.2 Å². The van der Waals surface area contributed by atoms with E-state index in [1.165, 1.54) is 132 Å². The Kier molecular flexibility index (Phi) is 44.5. The summed E-state index contributed by atoms with van der Waals surface area (Å²) in [7, 11) is 0. The number of ether oxygens (including phenoxy) is 2. The molecule has 0 rings (SSSR count). The van der Waals surface area contributed by atoms with E-state index in [1.807, 2.05) is 11.8 Å². The number of rotatable bonds is 46. The van der Waals surface area contributed by atoms with Gasteiger partial charge in [-0.3, -0.25) is 14.4 Å². The zero-order valence-corrected chi connectivity index (χ0v) is 40.0. The van der Waals surface area contributed by atoms with Crippen LogP contribution >= 0.6 is 23.5 Å². The van der Waals surface area contributed by atoms with Crippen molar-refractivity contribution in [3.05, 3.63) is 12.2 Å². The second-order valence-corrected chi connectivity index (χ2v) is 18.9. The van der Waals surface area contributed by atoms with Gasteiger partial charge < -0.3 is 19.9 Å². The lowest BCUT2D eigenvalue weighted by Gasteiger charge is -2.19. The summed E-state index contributed by atoms with van der Waals surface area (Å²) < 4.78 is 11.3. The molecule has 0 saturated carbocycles. The van der Waals surface area contributed by atoms with Gasteiger partial charge in [0, 0.05) is 30.8 Å². The van der Waals surface area contributed by atoms with Gasteiger partial charge in [0.2, 0.25) is 5.91 Å². The molecule has 0 spiro atoms. The van der Waals surface area contributed by atoms with E-state index < -0.39 is 18.1 Å². The molecule has 2 N–H and O–H groups in total. The summed E-state index contributed by atoms with van der Waals surface area (Å²) in [4.78, 5) is 50.1. The average Bonchev–Trinajstić information content (AvgIpc) is 3.22. The molecule has 0 fully saturated rings. The van der Waals surface area contributed by atoms with Gasteiger partial charge in [-0.2, -0.15) is 23.5 Å². The molecular formula is C49H91NO7S2. The molecule has 0 aromatic carbocycles. The van der Waals surface area contributed by atoms with Gasteiger partial charge in [-0.05, 0) is 50.0 Å². The fourth-order valence-electron chi connectivity index (χ4n) is 7.03. The third-order valence-corrected chi connectivity index (χ3v) is 12.9. The van der Waals surface area contributed by atoms with Gasteiger partial charge in [-0.15, -0.1) is 0 Å². The van der Waals surface area contributed by atoms with Crippen molar-refractivity contribution in [3.63, 3.8) is 0 Å². The number of thioether (sulfide) groups is 2. The highest BCUT2D eigenvalue weighted by molar-refractivity contribution is 7.99. The first-order valence-electron chi connectivity index (χ1n) is 24.5. The summed E-state index contributed by atoms with van der Waals surface area (Å²) in [5, 5.41) is 12.5. The zero-order chi connectivity index (χ0) is 43.3. The van der Waals surface area contributed by atoms with Crippen molar-refractivity contribution >= 4 is 47.3 Å². The molecule has 2 atom stereocenters. The first-order valence-corrected chi connectivity index (χ1v) is 26.8. The van der Waals surface area contributed by atoms with Crippen LogP contribution in [0.25, 0.3) is 0 Å². The Morgan fingerprint density at radius 3 is 1.46 bits per heavy atom. The molecule has 0 radical (unpaired) electrons. The Bertz CT molecular complexity index is 1010. The maximum atomic E-state index is 12.8. The van der Waals surface area contributed by atoms with E-state index in [0.29, 0.717) is 19.3 Å². The van der Waals surface area contributed by atoms with Crippen LogP contribution in [0.5, 0.6) is 0 Å². The summed E-state index contributed by atoms with van der Waals surface area (Å²) in [6, 6.07) is -1.04. The number of amides is 1. The van der Waals surface area contributed by atoms with E-state index >= 15 is 0 Å². The minimum atomic E-state index is -1.09. The van der Waals surface area contributed by atoms with Gasteiger partial charge in [0.1, 0.15) is 18.8 Å². The lowest BCUT2D eigenvalue weighted by atomic mass is 10.0. The molecule has 346 valence electrons. The molecular weight excluding hydrogens is 779 g/mol. The predicted molar refractivity (Wildman–Crippen MR) is 254 cm³/mol. The van der Waals surface area contributed by atoms with Gasteiger partial charge in [0.15, 0.2) is 0 Å². The molecule has 0 aliphatic rings. The number of allylic oxidation sites excluding steroid dienone is 2. The Balaban J connectivity index is 4.60. The molecule has 0 bridgehead atoms. The first kappa shape index (κ1) is 57.3. The normalized spacial score (nSPS) is 12.5. The van der Waals surface area contributed by atoms with Gasteiger partial charge in [0.05, 0.1) is 0 Å². The van der Waals surface area contributed by atoms with E-state index in [4.69, 9.17) is 9.47 Å². The van der Waals surface area contributed by atoms with Gasteiger partial charge in [0.25, 0.3) is 0 Å². The number of aliphatic carboxylic acids is 1. The maximum Gasteiger partial charge on any atom is 0.327 e. The zero-order valence-electron chi connectivity index (χ0n) is 38.4. The van der Waals surface area contributed by atoms with Crippen LogP contribution < -0.4 is 5.32 Å².